The molecule has 0 radical (unpaired) electrons. The summed E-state index contributed by atoms with van der Waals surface area (Å²) in [5.41, 5.74) is 1.47. The smallest absolute Gasteiger partial charge is 0.300 e. The first-order chi connectivity index (χ1) is 16.1. The lowest BCUT2D eigenvalue weighted by Crippen LogP contribution is -2.44. The molecule has 0 unspecified atom stereocenters. The molecule has 1 spiro atoms. The summed E-state index contributed by atoms with van der Waals surface area (Å²) in [7, 11) is 0. The summed E-state index contributed by atoms with van der Waals surface area (Å²) in [5.74, 6) is -1.74. The van der Waals surface area contributed by atoms with Crippen molar-refractivity contribution in [3.05, 3.63) is 49.8 Å². The van der Waals surface area contributed by atoms with Crippen molar-refractivity contribution in [2.24, 2.45) is 0 Å². The molecule has 2 aliphatic rings. The highest BCUT2D eigenvalue weighted by molar-refractivity contribution is 7.14. The van der Waals surface area contributed by atoms with E-state index in [9.17, 15) is 9.59 Å². The van der Waals surface area contributed by atoms with Crippen LogP contribution < -0.4 is 16.2 Å². The van der Waals surface area contributed by atoms with Gasteiger partial charge in [0.1, 0.15) is 0 Å². The van der Waals surface area contributed by atoms with E-state index >= 15 is 0 Å². The van der Waals surface area contributed by atoms with Gasteiger partial charge in [0.15, 0.2) is 0 Å². The van der Waals surface area contributed by atoms with E-state index in [4.69, 9.17) is 24.5 Å². The summed E-state index contributed by atoms with van der Waals surface area (Å²) in [4.78, 5) is 50.4. The Hall–Kier alpha value is -3.09. The van der Waals surface area contributed by atoms with Gasteiger partial charge in [-0.2, -0.15) is 0 Å². The molecule has 1 saturated heterocycles. The van der Waals surface area contributed by atoms with Crippen LogP contribution in [-0.4, -0.2) is 64.3 Å². The first-order valence-corrected chi connectivity index (χ1v) is 11.6. The molecule has 4 heterocycles. The first kappa shape index (κ1) is 27.2. The highest BCUT2D eigenvalue weighted by Gasteiger charge is 2.40. The van der Waals surface area contributed by atoms with E-state index in [0.717, 1.165) is 57.7 Å². The number of amides is 1. The van der Waals surface area contributed by atoms with Crippen molar-refractivity contribution in [2.45, 2.75) is 45.1 Å². The molecule has 0 aliphatic carbocycles. The third-order valence-electron chi connectivity index (χ3n) is 5.04. The van der Waals surface area contributed by atoms with Gasteiger partial charge in [0.25, 0.3) is 23.4 Å². The van der Waals surface area contributed by atoms with E-state index in [0.29, 0.717) is 18.7 Å². The number of nitrogens with one attached hydrogen (secondary N) is 3. The SMILES string of the molecule is CC(=O)O.CC(=O)O.O=C(NCCc1cc(=O)[nH]cn1)c1cc2c(s1)CCOC21CCNCC1. The lowest BCUT2D eigenvalue weighted by molar-refractivity contribution is -0.135. The lowest BCUT2D eigenvalue weighted by atomic mass is 9.83. The van der Waals surface area contributed by atoms with E-state index in [2.05, 4.69) is 20.6 Å². The van der Waals surface area contributed by atoms with Crippen molar-refractivity contribution in [3.8, 4) is 0 Å². The van der Waals surface area contributed by atoms with Crippen molar-refractivity contribution >= 4 is 29.2 Å². The third-order valence-corrected chi connectivity index (χ3v) is 6.24. The number of rotatable bonds is 4. The summed E-state index contributed by atoms with van der Waals surface area (Å²) in [5, 5.41) is 21.1. The molecule has 0 saturated carbocycles. The second-order valence-corrected chi connectivity index (χ2v) is 8.87. The van der Waals surface area contributed by atoms with Gasteiger partial charge in [0.2, 0.25) is 0 Å². The Morgan fingerprint density at radius 1 is 1.18 bits per heavy atom. The molecule has 5 N–H and O–H groups in total. The summed E-state index contributed by atoms with van der Waals surface area (Å²) in [6.45, 7) is 5.23. The number of carbonyl (C=O) groups is 3. The standard InChI is InChI=1S/C18H22N4O3S.2C2H4O2/c23-16-9-12(21-11-22-16)1-5-20-17(24)15-10-13-14(26-15)2-8-25-18(13)3-6-19-7-4-18;2*1-2(3)4/h9-11,19H,1-8H2,(H,20,24)(H,21,22,23);2*1H3,(H,3,4). The molecule has 0 bridgehead atoms. The number of hydrogen-bond donors (Lipinski definition) is 5. The van der Waals surface area contributed by atoms with Gasteiger partial charge in [-0.3, -0.25) is 19.2 Å². The van der Waals surface area contributed by atoms with E-state index in [1.165, 1.54) is 22.8 Å². The lowest BCUT2D eigenvalue weighted by Gasteiger charge is -2.40. The van der Waals surface area contributed by atoms with Crippen molar-refractivity contribution < 1.29 is 29.3 Å². The number of nitrogens with zero attached hydrogens (tertiary/aromatic N) is 1. The maximum absolute atomic E-state index is 12.5. The molecule has 2 aromatic rings. The number of H-pyrrole nitrogens is 1. The molecule has 2 aromatic heterocycles. The minimum atomic E-state index is -0.833. The molecular formula is C22H30N4O7S. The molecule has 2 aliphatic heterocycles. The van der Waals surface area contributed by atoms with Crippen molar-refractivity contribution in [2.75, 3.05) is 26.2 Å². The quantitative estimate of drug-likeness (QED) is 0.418. The van der Waals surface area contributed by atoms with Gasteiger partial charge in [0.05, 0.1) is 23.4 Å². The first-order valence-electron chi connectivity index (χ1n) is 10.8. The van der Waals surface area contributed by atoms with Crippen LogP contribution in [-0.2, 0) is 32.8 Å². The van der Waals surface area contributed by atoms with Crippen LogP contribution in [0.4, 0.5) is 0 Å². The summed E-state index contributed by atoms with van der Waals surface area (Å²) in [6.07, 6.45) is 4.68. The van der Waals surface area contributed by atoms with Gasteiger partial charge in [-0.05, 0) is 37.6 Å². The molecule has 11 nitrogen and oxygen atoms in total. The highest BCUT2D eigenvalue weighted by Crippen LogP contribution is 2.43. The van der Waals surface area contributed by atoms with Gasteiger partial charge >= 0.3 is 0 Å². The fraction of sp³-hybridized carbons (Fsp3) is 0.500. The van der Waals surface area contributed by atoms with Crippen LogP contribution in [0.1, 0.15) is 52.5 Å². The number of aromatic amines is 1. The van der Waals surface area contributed by atoms with Crippen LogP contribution in [0, 0.1) is 0 Å². The van der Waals surface area contributed by atoms with Gasteiger partial charge in [-0.15, -0.1) is 11.3 Å². The summed E-state index contributed by atoms with van der Waals surface area (Å²) < 4.78 is 6.17. The largest absolute Gasteiger partial charge is 0.481 e. The highest BCUT2D eigenvalue weighted by atomic mass is 32.1. The average molecular weight is 495 g/mol. The van der Waals surface area contributed by atoms with Crippen LogP contribution in [0.2, 0.25) is 0 Å². The van der Waals surface area contributed by atoms with E-state index in [-0.39, 0.29) is 17.1 Å². The minimum Gasteiger partial charge on any atom is -0.481 e. The second-order valence-electron chi connectivity index (χ2n) is 7.74. The van der Waals surface area contributed by atoms with Gasteiger partial charge in [-0.25, -0.2) is 4.98 Å². The zero-order valence-electron chi connectivity index (χ0n) is 19.2. The third kappa shape index (κ3) is 8.36. The molecule has 1 amide bonds. The van der Waals surface area contributed by atoms with Gasteiger partial charge in [0, 0.05) is 49.9 Å². The Bertz CT molecular complexity index is 1020. The Kier molecular flexibility index (Phi) is 10.4. The normalized spacial score (nSPS) is 15.6. The van der Waals surface area contributed by atoms with Crippen LogP contribution in [0.25, 0.3) is 0 Å². The predicted molar refractivity (Wildman–Crippen MR) is 125 cm³/mol. The number of piperidine rings is 1. The maximum Gasteiger partial charge on any atom is 0.300 e. The van der Waals surface area contributed by atoms with Crippen LogP contribution >= 0.6 is 11.3 Å². The predicted octanol–water partition coefficient (Wildman–Crippen LogP) is 1.14. The molecule has 12 heteroatoms. The minimum absolute atomic E-state index is 0.0710. The fourth-order valence-corrected chi connectivity index (χ4v) is 4.86. The number of carboxylic acid groups (broad SMARTS) is 2. The molecule has 0 aromatic carbocycles. The number of thiophene rings is 1. The molecule has 4 rings (SSSR count). The van der Waals surface area contributed by atoms with Gasteiger partial charge in [-0.1, -0.05) is 0 Å². The molecule has 34 heavy (non-hydrogen) atoms. The zero-order chi connectivity index (χ0) is 25.1. The topological polar surface area (TPSA) is 171 Å². The van der Waals surface area contributed by atoms with Crippen LogP contribution in [0.5, 0.6) is 0 Å². The zero-order valence-corrected chi connectivity index (χ0v) is 20.0. The number of fused-ring (bicyclic) bond motifs is 2. The Morgan fingerprint density at radius 3 is 2.44 bits per heavy atom. The molecule has 1 fully saturated rings. The summed E-state index contributed by atoms with van der Waals surface area (Å²) in [6, 6.07) is 3.47. The van der Waals surface area contributed by atoms with E-state index in [1.807, 2.05) is 6.07 Å². The summed E-state index contributed by atoms with van der Waals surface area (Å²) >= 11 is 1.58. The number of hydrogen-bond acceptors (Lipinski definition) is 8. The second kappa shape index (κ2) is 13.0. The number of aromatic nitrogens is 2. The van der Waals surface area contributed by atoms with Crippen molar-refractivity contribution in [1.29, 1.82) is 0 Å². The number of ether oxygens (including phenoxy) is 1. The van der Waals surface area contributed by atoms with Crippen LogP contribution in [0.15, 0.2) is 23.3 Å². The number of carboxylic acids is 2. The van der Waals surface area contributed by atoms with E-state index in [1.54, 1.807) is 11.3 Å². The molecule has 186 valence electrons. The van der Waals surface area contributed by atoms with Crippen molar-refractivity contribution in [3.63, 3.8) is 0 Å². The average Bonchev–Trinajstić information content (AvgIpc) is 3.20. The maximum atomic E-state index is 12.5. The monoisotopic (exact) mass is 494 g/mol. The Balaban J connectivity index is 0.000000446. The van der Waals surface area contributed by atoms with Gasteiger partial charge < -0.3 is 30.6 Å². The number of carbonyl (C=O) groups excluding carboxylic acids is 1. The Labute approximate surface area is 200 Å². The number of aliphatic carboxylic acids is 2. The van der Waals surface area contributed by atoms with Crippen LogP contribution in [0.3, 0.4) is 0 Å². The Morgan fingerprint density at radius 2 is 1.82 bits per heavy atom. The molecular weight excluding hydrogens is 464 g/mol. The van der Waals surface area contributed by atoms with E-state index < -0.39 is 11.9 Å². The fourth-order valence-electron chi connectivity index (χ4n) is 3.71. The van der Waals surface area contributed by atoms with Crippen molar-refractivity contribution in [1.82, 2.24) is 20.6 Å². The molecule has 0 atom stereocenters.